The van der Waals surface area contributed by atoms with Gasteiger partial charge in [-0.15, -0.1) is 0 Å². The van der Waals surface area contributed by atoms with Gasteiger partial charge < -0.3 is 10.2 Å². The lowest BCUT2D eigenvalue weighted by Crippen LogP contribution is -2.47. The fraction of sp³-hybridized carbons (Fsp3) is 0.588. The maximum atomic E-state index is 11.6. The molecule has 1 amide bonds. The summed E-state index contributed by atoms with van der Waals surface area (Å²) in [5.41, 5.74) is 1.36. The normalized spacial score (nSPS) is 21.0. The minimum absolute atomic E-state index is 0.271. The van der Waals surface area contributed by atoms with Gasteiger partial charge in [-0.1, -0.05) is 50.1 Å². The lowest BCUT2D eigenvalue weighted by molar-refractivity contribution is -0.132. The molecule has 1 saturated heterocycles. The minimum atomic E-state index is 0.271. The Kier molecular flexibility index (Phi) is 5.60. The fourth-order valence-electron chi connectivity index (χ4n) is 2.87. The number of carbonyl (C=O) groups is 1. The molecule has 0 bridgehead atoms. The third-order valence-corrected chi connectivity index (χ3v) is 4.11. The quantitative estimate of drug-likeness (QED) is 0.864. The SMILES string of the molecule is CCCCC(NC1CCC(=O)N(C)C1)c1ccccc1. The van der Waals surface area contributed by atoms with Crippen molar-refractivity contribution in [2.45, 2.75) is 51.1 Å². The lowest BCUT2D eigenvalue weighted by Gasteiger charge is -2.33. The molecular weight excluding hydrogens is 248 g/mol. The standard InChI is InChI=1S/C17H26N2O/c1-3-4-10-16(14-8-6-5-7-9-14)18-15-11-12-17(20)19(2)13-15/h5-9,15-16,18H,3-4,10-13H2,1-2H3. The number of nitrogens with zero attached hydrogens (tertiary/aromatic N) is 1. The van der Waals surface area contributed by atoms with E-state index in [0.29, 0.717) is 18.5 Å². The number of likely N-dealkylation sites (tertiary alicyclic amines) is 1. The summed E-state index contributed by atoms with van der Waals surface area (Å²) >= 11 is 0. The molecule has 110 valence electrons. The Labute approximate surface area is 122 Å². The number of nitrogens with one attached hydrogen (secondary N) is 1. The molecule has 0 aliphatic carbocycles. The average Bonchev–Trinajstić information content (AvgIpc) is 2.48. The summed E-state index contributed by atoms with van der Waals surface area (Å²) in [5, 5.41) is 3.76. The van der Waals surface area contributed by atoms with Crippen LogP contribution >= 0.6 is 0 Å². The van der Waals surface area contributed by atoms with E-state index in [4.69, 9.17) is 0 Å². The highest BCUT2D eigenvalue weighted by atomic mass is 16.2. The van der Waals surface area contributed by atoms with E-state index in [2.05, 4.69) is 42.6 Å². The first kappa shape index (κ1) is 15.0. The zero-order valence-corrected chi connectivity index (χ0v) is 12.6. The molecule has 1 heterocycles. The summed E-state index contributed by atoms with van der Waals surface area (Å²) in [4.78, 5) is 13.4. The van der Waals surface area contributed by atoms with Crippen LogP contribution in [-0.2, 0) is 4.79 Å². The van der Waals surface area contributed by atoms with Crippen LogP contribution in [0.4, 0.5) is 0 Å². The Balaban J connectivity index is 1.99. The number of piperidine rings is 1. The summed E-state index contributed by atoms with van der Waals surface area (Å²) < 4.78 is 0. The Bertz CT molecular complexity index is 418. The average molecular weight is 274 g/mol. The molecule has 1 fully saturated rings. The first-order valence-electron chi connectivity index (χ1n) is 7.75. The number of amides is 1. The van der Waals surface area contributed by atoms with E-state index in [0.717, 1.165) is 19.4 Å². The first-order valence-corrected chi connectivity index (χ1v) is 7.75. The topological polar surface area (TPSA) is 32.3 Å². The molecule has 1 aromatic carbocycles. The number of benzene rings is 1. The molecule has 0 aromatic heterocycles. The van der Waals surface area contributed by atoms with Crippen molar-refractivity contribution in [1.29, 1.82) is 0 Å². The van der Waals surface area contributed by atoms with E-state index >= 15 is 0 Å². The number of rotatable bonds is 6. The van der Waals surface area contributed by atoms with Gasteiger partial charge in [-0.3, -0.25) is 4.79 Å². The maximum absolute atomic E-state index is 11.6. The predicted molar refractivity (Wildman–Crippen MR) is 82.5 cm³/mol. The molecule has 1 aliphatic heterocycles. The van der Waals surface area contributed by atoms with E-state index in [1.54, 1.807) is 0 Å². The molecule has 0 saturated carbocycles. The molecule has 3 heteroatoms. The molecule has 2 atom stereocenters. The molecule has 20 heavy (non-hydrogen) atoms. The molecule has 1 N–H and O–H groups in total. The van der Waals surface area contributed by atoms with Crippen LogP contribution in [0.3, 0.4) is 0 Å². The van der Waals surface area contributed by atoms with Crippen LogP contribution in [0.15, 0.2) is 30.3 Å². The van der Waals surface area contributed by atoms with Crippen LogP contribution in [0.25, 0.3) is 0 Å². The molecular formula is C17H26N2O. The molecule has 2 rings (SSSR count). The minimum Gasteiger partial charge on any atom is -0.344 e. The van der Waals surface area contributed by atoms with Crippen LogP contribution in [-0.4, -0.2) is 30.4 Å². The van der Waals surface area contributed by atoms with Gasteiger partial charge in [0, 0.05) is 32.1 Å². The number of hydrogen-bond acceptors (Lipinski definition) is 2. The Morgan fingerprint density at radius 2 is 2.10 bits per heavy atom. The highest BCUT2D eigenvalue weighted by Gasteiger charge is 2.25. The van der Waals surface area contributed by atoms with Crippen molar-refractivity contribution in [3.8, 4) is 0 Å². The van der Waals surface area contributed by atoms with Gasteiger partial charge in [0.1, 0.15) is 0 Å². The second-order valence-corrected chi connectivity index (χ2v) is 5.78. The van der Waals surface area contributed by atoms with Crippen LogP contribution in [0.1, 0.15) is 50.6 Å². The van der Waals surface area contributed by atoms with Gasteiger partial charge in [-0.2, -0.15) is 0 Å². The van der Waals surface area contributed by atoms with E-state index in [9.17, 15) is 4.79 Å². The zero-order chi connectivity index (χ0) is 14.4. The van der Waals surface area contributed by atoms with Gasteiger partial charge in [0.15, 0.2) is 0 Å². The van der Waals surface area contributed by atoms with Crippen molar-refractivity contribution in [1.82, 2.24) is 10.2 Å². The van der Waals surface area contributed by atoms with Gasteiger partial charge in [0.25, 0.3) is 0 Å². The van der Waals surface area contributed by atoms with E-state index in [1.165, 1.54) is 18.4 Å². The van der Waals surface area contributed by atoms with Crippen LogP contribution in [0.5, 0.6) is 0 Å². The predicted octanol–water partition coefficient (Wildman–Crippen LogP) is 3.13. The summed E-state index contributed by atoms with van der Waals surface area (Å²) in [7, 11) is 1.90. The maximum Gasteiger partial charge on any atom is 0.222 e. The smallest absolute Gasteiger partial charge is 0.222 e. The van der Waals surface area contributed by atoms with Crippen molar-refractivity contribution < 1.29 is 4.79 Å². The van der Waals surface area contributed by atoms with Gasteiger partial charge >= 0.3 is 0 Å². The van der Waals surface area contributed by atoms with Crippen LogP contribution < -0.4 is 5.32 Å². The molecule has 0 radical (unpaired) electrons. The van der Waals surface area contributed by atoms with Gasteiger partial charge in [-0.05, 0) is 18.4 Å². The number of hydrogen-bond donors (Lipinski definition) is 1. The highest BCUT2D eigenvalue weighted by molar-refractivity contribution is 5.76. The van der Waals surface area contributed by atoms with Gasteiger partial charge in [0.2, 0.25) is 5.91 Å². The molecule has 0 spiro atoms. The van der Waals surface area contributed by atoms with Crippen molar-refractivity contribution in [2.24, 2.45) is 0 Å². The second kappa shape index (κ2) is 7.44. The van der Waals surface area contributed by atoms with E-state index in [-0.39, 0.29) is 5.91 Å². The number of likely N-dealkylation sites (N-methyl/N-ethyl adjacent to an activating group) is 1. The highest BCUT2D eigenvalue weighted by Crippen LogP contribution is 2.22. The Morgan fingerprint density at radius 3 is 2.75 bits per heavy atom. The van der Waals surface area contributed by atoms with E-state index in [1.807, 2.05) is 11.9 Å². The van der Waals surface area contributed by atoms with Gasteiger partial charge in [0.05, 0.1) is 0 Å². The summed E-state index contributed by atoms with van der Waals surface area (Å²) in [6.07, 6.45) is 5.23. The molecule has 1 aromatic rings. The summed E-state index contributed by atoms with van der Waals surface area (Å²) in [5.74, 6) is 0.271. The van der Waals surface area contributed by atoms with Crippen molar-refractivity contribution in [2.75, 3.05) is 13.6 Å². The Morgan fingerprint density at radius 1 is 1.35 bits per heavy atom. The van der Waals surface area contributed by atoms with Crippen molar-refractivity contribution >= 4 is 5.91 Å². The lowest BCUT2D eigenvalue weighted by atomic mass is 9.98. The van der Waals surface area contributed by atoms with Crippen LogP contribution in [0.2, 0.25) is 0 Å². The summed E-state index contributed by atoms with van der Waals surface area (Å²) in [6, 6.07) is 11.5. The van der Waals surface area contributed by atoms with Crippen LogP contribution in [0, 0.1) is 0 Å². The van der Waals surface area contributed by atoms with E-state index < -0.39 is 0 Å². The monoisotopic (exact) mass is 274 g/mol. The largest absolute Gasteiger partial charge is 0.344 e. The Hall–Kier alpha value is -1.35. The third-order valence-electron chi connectivity index (χ3n) is 4.11. The second-order valence-electron chi connectivity index (χ2n) is 5.78. The van der Waals surface area contributed by atoms with Crippen molar-refractivity contribution in [3.05, 3.63) is 35.9 Å². The third kappa shape index (κ3) is 4.07. The van der Waals surface area contributed by atoms with Gasteiger partial charge in [-0.25, -0.2) is 0 Å². The first-order chi connectivity index (χ1) is 9.70. The number of unbranched alkanes of at least 4 members (excludes halogenated alkanes) is 1. The summed E-state index contributed by atoms with van der Waals surface area (Å²) in [6.45, 7) is 3.06. The molecule has 1 aliphatic rings. The fourth-order valence-corrected chi connectivity index (χ4v) is 2.87. The zero-order valence-electron chi connectivity index (χ0n) is 12.6. The molecule has 2 unspecified atom stereocenters. The van der Waals surface area contributed by atoms with Crippen molar-refractivity contribution in [3.63, 3.8) is 0 Å². The number of carbonyl (C=O) groups excluding carboxylic acids is 1. The molecule has 3 nitrogen and oxygen atoms in total.